The molecule has 0 aliphatic carbocycles. The first-order chi connectivity index (χ1) is 14.6. The third-order valence-corrected chi connectivity index (χ3v) is 4.85. The average Bonchev–Trinajstić information content (AvgIpc) is 3.18. The molecule has 1 aromatic heterocycles. The largest absolute Gasteiger partial charge is 0.490 e. The molecule has 0 atom stereocenters. The van der Waals surface area contributed by atoms with Crippen LogP contribution in [0.15, 0.2) is 24.5 Å². The summed E-state index contributed by atoms with van der Waals surface area (Å²) in [6.45, 7) is 9.47. The quantitative estimate of drug-likeness (QED) is 0.634. The molecule has 8 nitrogen and oxygen atoms in total. The minimum absolute atomic E-state index is 0.259. The summed E-state index contributed by atoms with van der Waals surface area (Å²) in [6, 6.07) is 3.36. The van der Waals surface area contributed by atoms with Gasteiger partial charge >= 0.3 is 0 Å². The van der Waals surface area contributed by atoms with Crippen molar-refractivity contribution in [1.29, 1.82) is 0 Å². The van der Waals surface area contributed by atoms with Gasteiger partial charge in [-0.3, -0.25) is 9.48 Å². The van der Waals surface area contributed by atoms with Gasteiger partial charge in [0.05, 0.1) is 31.7 Å². The monoisotopic (exact) mass is 417 g/mol. The molecule has 1 saturated heterocycles. The van der Waals surface area contributed by atoms with E-state index in [0.717, 1.165) is 32.6 Å². The van der Waals surface area contributed by atoms with E-state index < -0.39 is 0 Å². The molecule has 0 spiro atoms. The van der Waals surface area contributed by atoms with Crippen molar-refractivity contribution in [3.05, 3.63) is 30.1 Å². The summed E-state index contributed by atoms with van der Waals surface area (Å²) in [7, 11) is 0. The third kappa shape index (κ3) is 5.66. The predicted molar refractivity (Wildman–Crippen MR) is 114 cm³/mol. The molecule has 1 aliphatic heterocycles. The van der Waals surface area contributed by atoms with E-state index in [-0.39, 0.29) is 5.91 Å². The molecule has 0 unspecified atom stereocenters. The number of nitrogens with one attached hydrogen (secondary N) is 1. The third-order valence-electron chi connectivity index (χ3n) is 4.85. The number of carbonyl (C=O) groups excluding carboxylic acids is 1. The van der Waals surface area contributed by atoms with Gasteiger partial charge in [0.15, 0.2) is 11.5 Å². The van der Waals surface area contributed by atoms with Crippen molar-refractivity contribution in [3.8, 4) is 17.2 Å². The number of aromatic nitrogens is 2. The smallest absolute Gasteiger partial charge is 0.256 e. The molecule has 3 rings (SSSR count). The number of nitrogens with zero attached hydrogens (tertiary/aromatic N) is 2. The van der Waals surface area contributed by atoms with Crippen LogP contribution < -0.4 is 19.5 Å². The average molecular weight is 418 g/mol. The highest BCUT2D eigenvalue weighted by atomic mass is 16.5. The van der Waals surface area contributed by atoms with Crippen LogP contribution in [0.3, 0.4) is 0 Å². The molecule has 30 heavy (non-hydrogen) atoms. The van der Waals surface area contributed by atoms with E-state index in [9.17, 15) is 4.79 Å². The fraction of sp³-hybridized carbons (Fsp3) is 0.545. The van der Waals surface area contributed by atoms with E-state index in [0.29, 0.717) is 54.2 Å². The van der Waals surface area contributed by atoms with Crippen molar-refractivity contribution in [3.63, 3.8) is 0 Å². The van der Waals surface area contributed by atoms with Crippen molar-refractivity contribution < 1.29 is 23.7 Å². The number of rotatable bonds is 10. The fourth-order valence-electron chi connectivity index (χ4n) is 3.44. The molecule has 2 aromatic rings. The summed E-state index contributed by atoms with van der Waals surface area (Å²) in [5.74, 6) is 1.79. The van der Waals surface area contributed by atoms with Crippen LogP contribution in [-0.4, -0.2) is 48.7 Å². The van der Waals surface area contributed by atoms with E-state index in [1.807, 2.05) is 31.6 Å². The van der Waals surface area contributed by atoms with Crippen LogP contribution in [0.2, 0.25) is 0 Å². The van der Waals surface area contributed by atoms with Crippen LogP contribution in [0.5, 0.6) is 17.2 Å². The number of anilines is 1. The van der Waals surface area contributed by atoms with E-state index >= 15 is 0 Å². The van der Waals surface area contributed by atoms with Gasteiger partial charge in [-0.1, -0.05) is 0 Å². The summed E-state index contributed by atoms with van der Waals surface area (Å²) in [6.07, 6.45) is 5.59. The van der Waals surface area contributed by atoms with Crippen LogP contribution in [0.25, 0.3) is 0 Å². The van der Waals surface area contributed by atoms with Crippen LogP contribution in [-0.2, 0) is 11.3 Å². The normalized spacial score (nSPS) is 14.4. The molecule has 164 valence electrons. The van der Waals surface area contributed by atoms with Gasteiger partial charge in [-0.2, -0.15) is 5.10 Å². The van der Waals surface area contributed by atoms with Crippen LogP contribution >= 0.6 is 0 Å². The maximum absolute atomic E-state index is 12.9. The Morgan fingerprint density at radius 2 is 1.73 bits per heavy atom. The molecular weight excluding hydrogens is 386 g/mol. The Balaban J connectivity index is 1.74. The van der Waals surface area contributed by atoms with Crippen molar-refractivity contribution in [1.82, 2.24) is 9.78 Å². The molecule has 1 aliphatic rings. The zero-order valence-corrected chi connectivity index (χ0v) is 18.0. The Bertz CT molecular complexity index is 803. The van der Waals surface area contributed by atoms with Gasteiger partial charge in [-0.15, -0.1) is 0 Å². The predicted octanol–water partition coefficient (Wildman–Crippen LogP) is 3.76. The number of benzene rings is 1. The first-order valence-corrected chi connectivity index (χ1v) is 10.6. The van der Waals surface area contributed by atoms with E-state index in [1.165, 1.54) is 0 Å². The number of amides is 1. The Hall–Kier alpha value is -2.74. The number of hydrogen-bond acceptors (Lipinski definition) is 6. The van der Waals surface area contributed by atoms with Crippen LogP contribution in [0.4, 0.5) is 5.69 Å². The maximum Gasteiger partial charge on any atom is 0.256 e. The van der Waals surface area contributed by atoms with Crippen molar-refractivity contribution in [2.75, 3.05) is 38.4 Å². The Morgan fingerprint density at radius 1 is 1.10 bits per heavy atom. The highest BCUT2D eigenvalue weighted by Gasteiger charge is 2.19. The van der Waals surface area contributed by atoms with E-state index in [4.69, 9.17) is 18.9 Å². The summed E-state index contributed by atoms with van der Waals surface area (Å²) >= 11 is 0. The summed E-state index contributed by atoms with van der Waals surface area (Å²) < 4.78 is 24.4. The lowest BCUT2D eigenvalue weighted by Gasteiger charge is -2.21. The van der Waals surface area contributed by atoms with E-state index in [2.05, 4.69) is 10.4 Å². The Labute approximate surface area is 177 Å². The zero-order valence-electron chi connectivity index (χ0n) is 18.0. The summed E-state index contributed by atoms with van der Waals surface area (Å²) in [4.78, 5) is 12.9. The summed E-state index contributed by atoms with van der Waals surface area (Å²) in [5.41, 5.74) is 1.08. The molecule has 2 heterocycles. The van der Waals surface area contributed by atoms with Crippen LogP contribution in [0.1, 0.15) is 44.0 Å². The zero-order chi connectivity index (χ0) is 21.3. The second kappa shape index (κ2) is 10.9. The molecule has 8 heteroatoms. The van der Waals surface area contributed by atoms with Crippen molar-refractivity contribution in [2.24, 2.45) is 5.92 Å². The van der Waals surface area contributed by atoms with Gasteiger partial charge < -0.3 is 24.3 Å². The topological polar surface area (TPSA) is 83.8 Å². The molecule has 0 bridgehead atoms. The standard InChI is InChI=1S/C22H31N3O5/c1-4-28-19-11-17(12-20(29-5-2)21(19)30-6-3)22(26)24-18-13-23-25(15-18)14-16-7-9-27-10-8-16/h11-13,15-16H,4-10,14H2,1-3H3,(H,24,26). The first kappa shape index (κ1) is 22.0. The second-order valence-electron chi connectivity index (χ2n) is 7.06. The van der Waals surface area contributed by atoms with Gasteiger partial charge in [-0.05, 0) is 51.7 Å². The summed E-state index contributed by atoms with van der Waals surface area (Å²) in [5, 5.41) is 7.29. The lowest BCUT2D eigenvalue weighted by Crippen LogP contribution is -2.20. The van der Waals surface area contributed by atoms with Gasteiger partial charge in [-0.25, -0.2) is 0 Å². The minimum Gasteiger partial charge on any atom is -0.490 e. The Morgan fingerprint density at radius 3 is 2.33 bits per heavy atom. The van der Waals surface area contributed by atoms with Gasteiger partial charge in [0.25, 0.3) is 5.91 Å². The SMILES string of the molecule is CCOc1cc(C(=O)Nc2cnn(CC3CCOCC3)c2)cc(OCC)c1OCC. The maximum atomic E-state index is 12.9. The second-order valence-corrected chi connectivity index (χ2v) is 7.06. The number of carbonyl (C=O) groups is 1. The lowest BCUT2D eigenvalue weighted by molar-refractivity contribution is 0.0601. The first-order valence-electron chi connectivity index (χ1n) is 10.6. The minimum atomic E-state index is -0.259. The molecular formula is C22H31N3O5. The van der Waals surface area contributed by atoms with Gasteiger partial charge in [0.1, 0.15) is 0 Å². The van der Waals surface area contributed by atoms with Crippen molar-refractivity contribution >= 4 is 11.6 Å². The van der Waals surface area contributed by atoms with Crippen molar-refractivity contribution in [2.45, 2.75) is 40.2 Å². The van der Waals surface area contributed by atoms with Gasteiger partial charge in [0, 0.05) is 31.5 Å². The molecule has 1 amide bonds. The molecule has 1 N–H and O–H groups in total. The fourth-order valence-corrected chi connectivity index (χ4v) is 3.44. The molecule has 1 aromatic carbocycles. The van der Waals surface area contributed by atoms with E-state index in [1.54, 1.807) is 18.3 Å². The van der Waals surface area contributed by atoms with Gasteiger partial charge in [0.2, 0.25) is 5.75 Å². The highest BCUT2D eigenvalue weighted by Crippen LogP contribution is 2.39. The number of ether oxygens (including phenoxy) is 4. The number of hydrogen-bond donors (Lipinski definition) is 1. The molecule has 0 saturated carbocycles. The Kier molecular flexibility index (Phi) is 7.96. The highest BCUT2D eigenvalue weighted by molar-refractivity contribution is 6.05. The van der Waals surface area contributed by atoms with Crippen LogP contribution in [0, 0.1) is 5.92 Å². The molecule has 0 radical (unpaired) electrons. The lowest BCUT2D eigenvalue weighted by atomic mass is 10.0. The molecule has 1 fully saturated rings.